The van der Waals surface area contributed by atoms with Crippen molar-refractivity contribution in [3.63, 3.8) is 0 Å². The van der Waals surface area contributed by atoms with E-state index in [4.69, 9.17) is 0 Å². The highest BCUT2D eigenvalue weighted by atomic mass is 15.1. The molecule has 308 valence electrons. The van der Waals surface area contributed by atoms with Crippen LogP contribution in [0.25, 0.3) is 72.0 Å². The third-order valence-corrected chi connectivity index (χ3v) is 16.7. The van der Waals surface area contributed by atoms with Crippen LogP contribution >= 0.6 is 0 Å². The summed E-state index contributed by atoms with van der Waals surface area (Å²) in [5.74, 6) is 0. The van der Waals surface area contributed by atoms with E-state index in [9.17, 15) is 0 Å². The van der Waals surface area contributed by atoms with Crippen molar-refractivity contribution in [1.82, 2.24) is 4.57 Å². The lowest BCUT2D eigenvalue weighted by Gasteiger charge is -2.43. The van der Waals surface area contributed by atoms with Gasteiger partial charge < -0.3 is 9.38 Å². The van der Waals surface area contributed by atoms with E-state index in [0.29, 0.717) is 0 Å². The third-order valence-electron chi connectivity index (χ3n) is 16.7. The van der Waals surface area contributed by atoms with Gasteiger partial charge in [0.25, 0.3) is 0 Å². The van der Waals surface area contributed by atoms with Crippen LogP contribution in [0.1, 0.15) is 101 Å². The Labute approximate surface area is 377 Å². The minimum atomic E-state index is -0.141. The van der Waals surface area contributed by atoms with Gasteiger partial charge in [0.1, 0.15) is 0 Å². The number of hydrogen-bond donors (Lipinski definition) is 0. The molecule has 9 aromatic rings. The number of aromatic nitrogens is 1. The summed E-state index contributed by atoms with van der Waals surface area (Å²) >= 11 is 0. The maximum absolute atomic E-state index is 2.74. The molecule has 0 radical (unpaired) electrons. The van der Waals surface area contributed by atoms with Crippen molar-refractivity contribution in [1.29, 1.82) is 0 Å². The van der Waals surface area contributed by atoms with Crippen LogP contribution in [0.5, 0.6) is 0 Å². The first kappa shape index (κ1) is 36.9. The summed E-state index contributed by atoms with van der Waals surface area (Å²) in [6, 6.07) is 57.2. The van der Waals surface area contributed by atoms with E-state index < -0.39 is 0 Å². The smallest absolute Gasteiger partial charge is 0.333 e. The molecule has 0 fully saturated rings. The Kier molecular flexibility index (Phi) is 6.66. The predicted octanol–water partition coefficient (Wildman–Crippen LogP) is 14.2. The maximum atomic E-state index is 2.74. The van der Waals surface area contributed by atoms with Gasteiger partial charge in [-0.1, -0.05) is 172 Å². The van der Waals surface area contributed by atoms with E-state index in [1.54, 1.807) is 0 Å². The molecule has 0 N–H and O–H groups in total. The van der Waals surface area contributed by atoms with Gasteiger partial charge in [0, 0.05) is 49.6 Å². The first-order valence-electron chi connectivity index (χ1n) is 23.4. The highest BCUT2D eigenvalue weighted by Crippen LogP contribution is 2.58. The first-order chi connectivity index (χ1) is 30.7. The number of nitrogens with zero attached hydrogens (tertiary/aromatic N) is 2. The van der Waals surface area contributed by atoms with Crippen molar-refractivity contribution in [3.05, 3.63) is 185 Å². The SMILES string of the molecule is CC(C)(C)c1ccc(N2B3c4cc5c(cc4-n4c6ccc7c(c6c6ccc(c3c64)-c3cc4c(cc32)-c2ccccc2C4(C)C)-c2ccccc2C7(C)C)C(C)(C)c2ccccc2-5)cc1. The molecular weight excluding hydrogens is 771 g/mol. The van der Waals surface area contributed by atoms with E-state index in [1.165, 1.54) is 133 Å². The van der Waals surface area contributed by atoms with Crippen molar-refractivity contribution in [2.45, 2.75) is 84.0 Å². The molecule has 8 aromatic carbocycles. The van der Waals surface area contributed by atoms with Crippen molar-refractivity contribution in [2.24, 2.45) is 0 Å². The molecule has 0 unspecified atom stereocenters. The monoisotopic (exact) mass is 822 g/mol. The van der Waals surface area contributed by atoms with Crippen LogP contribution in [0.2, 0.25) is 0 Å². The van der Waals surface area contributed by atoms with E-state index in [2.05, 4.69) is 217 Å². The molecule has 0 saturated heterocycles. The molecule has 2 aliphatic heterocycles. The average Bonchev–Trinajstić information content (AvgIpc) is 3.91. The Morgan fingerprint density at radius 1 is 0.453 bits per heavy atom. The summed E-state index contributed by atoms with van der Waals surface area (Å²) in [4.78, 5) is 2.74. The van der Waals surface area contributed by atoms with Crippen LogP contribution in [-0.4, -0.2) is 11.4 Å². The topological polar surface area (TPSA) is 8.17 Å². The largest absolute Gasteiger partial charge is 0.376 e. The zero-order valence-electron chi connectivity index (χ0n) is 38.3. The number of rotatable bonds is 1. The Bertz CT molecular complexity index is 3620. The Hall–Kier alpha value is -6.58. The predicted molar refractivity (Wildman–Crippen MR) is 271 cm³/mol. The Balaban J connectivity index is 1.17. The number of benzene rings is 8. The van der Waals surface area contributed by atoms with Gasteiger partial charge in [-0.25, -0.2) is 0 Å². The third kappa shape index (κ3) is 4.26. The van der Waals surface area contributed by atoms with E-state index in [0.717, 1.165) is 0 Å². The van der Waals surface area contributed by atoms with Gasteiger partial charge in [-0.3, -0.25) is 0 Å². The molecule has 64 heavy (non-hydrogen) atoms. The minimum Gasteiger partial charge on any atom is -0.376 e. The summed E-state index contributed by atoms with van der Waals surface area (Å²) in [6.45, 7) is 21.4. The van der Waals surface area contributed by atoms with Gasteiger partial charge in [-0.05, 0) is 131 Å². The van der Waals surface area contributed by atoms with E-state index in [1.807, 2.05) is 0 Å². The number of anilines is 2. The summed E-state index contributed by atoms with van der Waals surface area (Å²) in [7, 11) is 0. The Morgan fingerprint density at radius 3 is 1.69 bits per heavy atom. The van der Waals surface area contributed by atoms with Crippen LogP contribution < -0.4 is 15.7 Å². The second-order valence-corrected chi connectivity index (χ2v) is 22.1. The Morgan fingerprint density at radius 2 is 1.03 bits per heavy atom. The lowest BCUT2D eigenvalue weighted by molar-refractivity contribution is 0.590. The zero-order chi connectivity index (χ0) is 43.6. The number of fused-ring (bicyclic) bond motifs is 18. The van der Waals surface area contributed by atoms with Gasteiger partial charge in [-0.15, -0.1) is 0 Å². The molecule has 2 nitrogen and oxygen atoms in total. The second-order valence-electron chi connectivity index (χ2n) is 22.1. The fourth-order valence-corrected chi connectivity index (χ4v) is 13.5. The zero-order valence-corrected chi connectivity index (χ0v) is 38.3. The molecule has 1 aromatic heterocycles. The summed E-state index contributed by atoms with van der Waals surface area (Å²) in [5, 5.41) is 2.72. The molecule has 0 amide bonds. The highest BCUT2D eigenvalue weighted by molar-refractivity contribution is 6.93. The second kappa shape index (κ2) is 11.6. The minimum absolute atomic E-state index is 0.0414. The summed E-state index contributed by atoms with van der Waals surface area (Å²) < 4.78 is 2.70. The first-order valence-corrected chi connectivity index (χ1v) is 23.4. The van der Waals surface area contributed by atoms with Crippen LogP contribution in [0.3, 0.4) is 0 Å². The molecule has 3 heteroatoms. The fourth-order valence-electron chi connectivity index (χ4n) is 13.5. The quantitative estimate of drug-likeness (QED) is 0.150. The summed E-state index contributed by atoms with van der Waals surface area (Å²) in [5.41, 5.74) is 29.6. The van der Waals surface area contributed by atoms with Gasteiger partial charge >= 0.3 is 6.85 Å². The van der Waals surface area contributed by atoms with Gasteiger partial charge in [-0.2, -0.15) is 0 Å². The van der Waals surface area contributed by atoms with Crippen LogP contribution in [0.15, 0.2) is 146 Å². The highest BCUT2D eigenvalue weighted by Gasteiger charge is 2.48. The maximum Gasteiger partial charge on any atom is 0.333 e. The van der Waals surface area contributed by atoms with Crippen LogP contribution in [0, 0.1) is 0 Å². The van der Waals surface area contributed by atoms with Crippen molar-refractivity contribution in [3.8, 4) is 50.2 Å². The molecule has 3 heterocycles. The van der Waals surface area contributed by atoms with E-state index >= 15 is 0 Å². The molecule has 0 atom stereocenters. The van der Waals surface area contributed by atoms with Gasteiger partial charge in [0.05, 0.1) is 11.0 Å². The molecule has 3 aliphatic carbocycles. The fraction of sp³-hybridized carbons (Fsp3) is 0.213. The van der Waals surface area contributed by atoms with Crippen molar-refractivity contribution in [2.75, 3.05) is 4.81 Å². The number of hydrogen-bond acceptors (Lipinski definition) is 1. The van der Waals surface area contributed by atoms with Crippen molar-refractivity contribution < 1.29 is 0 Å². The molecule has 14 rings (SSSR count). The van der Waals surface area contributed by atoms with E-state index in [-0.39, 0.29) is 28.5 Å². The normalized spacial score (nSPS) is 16.8. The molecule has 5 aliphatic rings. The van der Waals surface area contributed by atoms with Gasteiger partial charge in [0.15, 0.2) is 0 Å². The van der Waals surface area contributed by atoms with Crippen molar-refractivity contribution >= 4 is 51.0 Å². The van der Waals surface area contributed by atoms with Gasteiger partial charge in [0.2, 0.25) is 0 Å². The lowest BCUT2D eigenvalue weighted by Crippen LogP contribution is -2.60. The summed E-state index contributed by atoms with van der Waals surface area (Å²) in [6.07, 6.45) is 0. The molecule has 0 spiro atoms. The van der Waals surface area contributed by atoms with Crippen LogP contribution in [-0.2, 0) is 21.7 Å². The van der Waals surface area contributed by atoms with Crippen LogP contribution in [0.4, 0.5) is 11.4 Å². The lowest BCUT2D eigenvalue weighted by atomic mass is 9.43. The molecule has 0 bridgehead atoms. The molecule has 0 saturated carbocycles. The standard InChI is InChI=1S/C61H51BN2/c1-58(2,3)34-22-24-35(25-23-34)64-52-32-42-37-17-11-14-20-45(37)60(6,7)48(42)30-43(52)38-26-27-40-55-51(29-28-47-54(55)39-18-12-15-21-46(39)59(47,4)5)63-53-33-49-41(31-50(53)62(64)56(38)57(40)63)36-16-10-13-19-44(36)61(49,8)9/h10-33H,1-9H3. The average molecular weight is 823 g/mol. The molecular formula is C61H51BN2.